The first kappa shape index (κ1) is 21.6. The third kappa shape index (κ3) is 4.65. The fourth-order valence-electron chi connectivity index (χ4n) is 4.43. The highest BCUT2D eigenvalue weighted by Gasteiger charge is 2.36. The van der Waals surface area contributed by atoms with Gasteiger partial charge in [-0.15, -0.1) is 22.9 Å². The summed E-state index contributed by atoms with van der Waals surface area (Å²) in [5.41, 5.74) is 6.21. The van der Waals surface area contributed by atoms with Gasteiger partial charge in [-0.25, -0.2) is 0 Å². The zero-order valence-electron chi connectivity index (χ0n) is 17.5. The van der Waals surface area contributed by atoms with E-state index in [2.05, 4.69) is 68.4 Å². The molecule has 0 spiro atoms. The van der Waals surface area contributed by atoms with E-state index in [9.17, 15) is 10.2 Å². The molecular weight excluding hydrogens is 412 g/mol. The number of rotatable bonds is 5. The van der Waals surface area contributed by atoms with Crippen molar-refractivity contribution in [3.05, 3.63) is 81.7 Å². The SMILES string of the molecule is Cc1ccc(-c2ccc(Cc3cc(C4CC(CO)CC(Cl)[C@H]4O)ccc3C)s2)cc1. The lowest BCUT2D eigenvalue weighted by atomic mass is 9.75. The van der Waals surface area contributed by atoms with Gasteiger partial charge in [0, 0.05) is 28.7 Å². The predicted octanol–water partition coefficient (Wildman–Crippen LogP) is 6.08. The minimum Gasteiger partial charge on any atom is -0.396 e. The Hall–Kier alpha value is -1.65. The van der Waals surface area contributed by atoms with Gasteiger partial charge in [0.1, 0.15) is 0 Å². The maximum atomic E-state index is 10.7. The Morgan fingerprint density at radius 2 is 1.77 bits per heavy atom. The molecule has 158 valence electrons. The van der Waals surface area contributed by atoms with Crippen LogP contribution in [-0.4, -0.2) is 28.3 Å². The molecule has 3 unspecified atom stereocenters. The average molecular weight is 441 g/mol. The number of benzene rings is 2. The second-order valence-electron chi connectivity index (χ2n) is 8.63. The Labute approximate surface area is 188 Å². The molecule has 30 heavy (non-hydrogen) atoms. The number of thiophene rings is 1. The standard InChI is InChI=1S/C26H29ClO2S/c1-16-3-6-19(7-4-16)25-10-9-22(30-25)14-21-13-20(8-5-17(21)2)23-11-18(15-28)12-24(27)26(23)29/h3-10,13,18,23-24,26,28-29H,11-12,14-15H2,1-2H3/t18?,23?,24?,26-/m0/s1. The molecule has 1 saturated carbocycles. The smallest absolute Gasteiger partial charge is 0.0772 e. The van der Waals surface area contributed by atoms with Crippen LogP contribution in [0, 0.1) is 19.8 Å². The second-order valence-corrected chi connectivity index (χ2v) is 10.4. The molecule has 4 heteroatoms. The molecule has 0 bridgehead atoms. The Morgan fingerprint density at radius 1 is 1.00 bits per heavy atom. The first-order valence-electron chi connectivity index (χ1n) is 10.6. The highest BCUT2D eigenvalue weighted by atomic mass is 35.5. The summed E-state index contributed by atoms with van der Waals surface area (Å²) in [5, 5.41) is 20.0. The minimum atomic E-state index is -0.570. The first-order chi connectivity index (χ1) is 14.4. The number of alkyl halides is 1. The van der Waals surface area contributed by atoms with Gasteiger partial charge in [-0.05, 0) is 67.0 Å². The van der Waals surface area contributed by atoms with Gasteiger partial charge >= 0.3 is 0 Å². The summed E-state index contributed by atoms with van der Waals surface area (Å²) in [7, 11) is 0. The van der Waals surface area contributed by atoms with Crippen LogP contribution < -0.4 is 0 Å². The number of aliphatic hydroxyl groups excluding tert-OH is 2. The maximum absolute atomic E-state index is 10.7. The van der Waals surface area contributed by atoms with Crippen LogP contribution in [0.3, 0.4) is 0 Å². The van der Waals surface area contributed by atoms with E-state index in [-0.39, 0.29) is 23.8 Å². The van der Waals surface area contributed by atoms with E-state index in [0.717, 1.165) is 18.4 Å². The fourth-order valence-corrected chi connectivity index (χ4v) is 5.90. The first-order valence-corrected chi connectivity index (χ1v) is 11.9. The van der Waals surface area contributed by atoms with E-state index in [4.69, 9.17) is 11.6 Å². The molecule has 0 aliphatic heterocycles. The Bertz CT molecular complexity index is 995. The molecule has 1 aliphatic rings. The minimum absolute atomic E-state index is 0.0239. The van der Waals surface area contributed by atoms with E-state index in [1.165, 1.54) is 32.0 Å². The molecule has 4 rings (SSSR count). The highest BCUT2D eigenvalue weighted by Crippen LogP contribution is 2.39. The van der Waals surface area contributed by atoms with Gasteiger partial charge in [-0.1, -0.05) is 48.0 Å². The predicted molar refractivity (Wildman–Crippen MR) is 127 cm³/mol. The highest BCUT2D eigenvalue weighted by molar-refractivity contribution is 7.15. The molecule has 1 heterocycles. The molecule has 3 aromatic rings. The van der Waals surface area contributed by atoms with Crippen molar-refractivity contribution in [2.24, 2.45) is 5.92 Å². The number of hydrogen-bond acceptors (Lipinski definition) is 3. The number of aryl methyl sites for hydroxylation is 2. The molecule has 2 N–H and O–H groups in total. The van der Waals surface area contributed by atoms with E-state index < -0.39 is 6.10 Å². The van der Waals surface area contributed by atoms with Crippen LogP contribution in [0.5, 0.6) is 0 Å². The van der Waals surface area contributed by atoms with Crippen molar-refractivity contribution >= 4 is 22.9 Å². The molecule has 1 fully saturated rings. The van der Waals surface area contributed by atoms with Crippen LogP contribution in [0.15, 0.2) is 54.6 Å². The van der Waals surface area contributed by atoms with Crippen LogP contribution in [0.1, 0.15) is 45.9 Å². The van der Waals surface area contributed by atoms with Gasteiger partial charge in [0.25, 0.3) is 0 Å². The van der Waals surface area contributed by atoms with Crippen LogP contribution >= 0.6 is 22.9 Å². The maximum Gasteiger partial charge on any atom is 0.0772 e. The van der Waals surface area contributed by atoms with Crippen molar-refractivity contribution in [3.63, 3.8) is 0 Å². The summed E-state index contributed by atoms with van der Waals surface area (Å²) < 4.78 is 0. The topological polar surface area (TPSA) is 40.5 Å². The second kappa shape index (κ2) is 9.23. The van der Waals surface area contributed by atoms with E-state index in [1.807, 2.05) is 11.3 Å². The van der Waals surface area contributed by atoms with Gasteiger partial charge in [-0.2, -0.15) is 0 Å². The molecule has 0 amide bonds. The molecule has 0 saturated heterocycles. The number of aliphatic hydroxyl groups is 2. The lowest BCUT2D eigenvalue weighted by molar-refractivity contribution is 0.0696. The Balaban J connectivity index is 1.56. The van der Waals surface area contributed by atoms with Crippen molar-refractivity contribution < 1.29 is 10.2 Å². The molecule has 4 atom stereocenters. The lowest BCUT2D eigenvalue weighted by Gasteiger charge is -2.36. The quantitative estimate of drug-likeness (QED) is 0.472. The van der Waals surface area contributed by atoms with Gasteiger partial charge < -0.3 is 10.2 Å². The molecule has 1 aliphatic carbocycles. The van der Waals surface area contributed by atoms with Crippen molar-refractivity contribution in [3.8, 4) is 10.4 Å². The third-order valence-electron chi connectivity index (χ3n) is 6.35. The van der Waals surface area contributed by atoms with E-state index in [1.54, 1.807) is 0 Å². The third-order valence-corrected chi connectivity index (χ3v) is 7.92. The fraction of sp³-hybridized carbons (Fsp3) is 0.385. The van der Waals surface area contributed by atoms with Crippen LogP contribution in [0.25, 0.3) is 10.4 Å². The van der Waals surface area contributed by atoms with E-state index in [0.29, 0.717) is 6.42 Å². The van der Waals surface area contributed by atoms with Crippen molar-refractivity contribution in [2.75, 3.05) is 6.61 Å². The lowest BCUT2D eigenvalue weighted by Crippen LogP contribution is -2.37. The molecule has 0 radical (unpaired) electrons. The molecule has 2 aromatic carbocycles. The largest absolute Gasteiger partial charge is 0.396 e. The van der Waals surface area contributed by atoms with Crippen molar-refractivity contribution in [2.45, 2.75) is 50.5 Å². The zero-order chi connectivity index (χ0) is 21.3. The van der Waals surface area contributed by atoms with Gasteiger partial charge in [0.2, 0.25) is 0 Å². The summed E-state index contributed by atoms with van der Waals surface area (Å²) in [5.74, 6) is 0.129. The van der Waals surface area contributed by atoms with Crippen LogP contribution in [0.2, 0.25) is 0 Å². The summed E-state index contributed by atoms with van der Waals surface area (Å²) in [6, 6.07) is 19.6. The van der Waals surface area contributed by atoms with Gasteiger partial charge in [-0.3, -0.25) is 0 Å². The summed E-state index contributed by atoms with van der Waals surface area (Å²) in [6.07, 6.45) is 1.76. The summed E-state index contributed by atoms with van der Waals surface area (Å²) >= 11 is 8.24. The number of halogens is 1. The Morgan fingerprint density at radius 3 is 2.50 bits per heavy atom. The zero-order valence-corrected chi connectivity index (χ0v) is 19.1. The summed E-state index contributed by atoms with van der Waals surface area (Å²) in [6.45, 7) is 4.38. The number of hydrogen-bond donors (Lipinski definition) is 2. The molecule has 2 nitrogen and oxygen atoms in total. The summed E-state index contributed by atoms with van der Waals surface area (Å²) in [4.78, 5) is 2.62. The van der Waals surface area contributed by atoms with Gasteiger partial charge in [0.15, 0.2) is 0 Å². The van der Waals surface area contributed by atoms with Crippen LogP contribution in [-0.2, 0) is 6.42 Å². The van der Waals surface area contributed by atoms with Crippen LogP contribution in [0.4, 0.5) is 0 Å². The van der Waals surface area contributed by atoms with E-state index >= 15 is 0 Å². The molecule has 1 aromatic heterocycles. The van der Waals surface area contributed by atoms with Crippen molar-refractivity contribution in [1.82, 2.24) is 0 Å². The monoisotopic (exact) mass is 440 g/mol. The van der Waals surface area contributed by atoms with Gasteiger partial charge in [0.05, 0.1) is 11.5 Å². The Kier molecular flexibility index (Phi) is 6.64. The van der Waals surface area contributed by atoms with Crippen molar-refractivity contribution in [1.29, 1.82) is 0 Å². The molecular formula is C26H29ClO2S. The average Bonchev–Trinajstić information content (AvgIpc) is 3.20. The normalized spacial score (nSPS) is 24.2.